The summed E-state index contributed by atoms with van der Waals surface area (Å²) in [6, 6.07) is 10.1. The number of aromatic nitrogens is 3. The summed E-state index contributed by atoms with van der Waals surface area (Å²) in [7, 11) is 0. The summed E-state index contributed by atoms with van der Waals surface area (Å²) in [6.07, 6.45) is 0.552. The second-order valence-corrected chi connectivity index (χ2v) is 9.33. The normalized spacial score (nSPS) is 26.9. The predicted octanol–water partition coefficient (Wildman–Crippen LogP) is 2.54. The van der Waals surface area contributed by atoms with E-state index in [0.29, 0.717) is 40.4 Å². The molecule has 0 amide bonds. The van der Waals surface area contributed by atoms with Crippen LogP contribution in [-0.2, 0) is 9.47 Å². The fourth-order valence-corrected chi connectivity index (χ4v) is 4.97. The highest BCUT2D eigenvalue weighted by Gasteiger charge is 2.48. The molecule has 3 aromatic rings. The first kappa shape index (κ1) is 21.8. The number of aromatic amines is 1. The van der Waals surface area contributed by atoms with Gasteiger partial charge in [0.25, 0.3) is 6.01 Å². The Morgan fingerprint density at radius 2 is 1.85 bits per heavy atom. The summed E-state index contributed by atoms with van der Waals surface area (Å²) >= 11 is 6.56. The molecule has 3 fully saturated rings. The van der Waals surface area contributed by atoms with E-state index < -0.39 is 6.10 Å². The number of ether oxygens (including phenoxy) is 3. The minimum atomic E-state index is -0.626. The lowest BCUT2D eigenvalue weighted by atomic mass is 9.98. The summed E-state index contributed by atoms with van der Waals surface area (Å²) in [5.74, 6) is 7.14. The quantitative estimate of drug-likeness (QED) is 0.495. The van der Waals surface area contributed by atoms with Gasteiger partial charge in [0.1, 0.15) is 18.3 Å². The Hall–Kier alpha value is -2.67. The van der Waals surface area contributed by atoms with E-state index in [2.05, 4.69) is 32.1 Å². The smallest absolute Gasteiger partial charge is 0.296 e. The van der Waals surface area contributed by atoms with E-state index in [1.165, 1.54) is 0 Å². The third-order valence-corrected chi connectivity index (χ3v) is 6.86. The minimum absolute atomic E-state index is 0.248. The maximum absolute atomic E-state index is 9.91. The van der Waals surface area contributed by atoms with E-state index in [9.17, 15) is 5.11 Å². The summed E-state index contributed by atoms with van der Waals surface area (Å²) in [5.41, 5.74) is 3.70. The lowest BCUT2D eigenvalue weighted by molar-refractivity contribution is 0.00706. The maximum atomic E-state index is 9.91. The molecule has 176 valence electrons. The van der Waals surface area contributed by atoms with Gasteiger partial charge >= 0.3 is 0 Å². The molecule has 8 nitrogen and oxygen atoms in total. The third-order valence-electron chi connectivity index (χ3n) is 6.57. The molecule has 0 saturated carbocycles. The van der Waals surface area contributed by atoms with Gasteiger partial charge in [0.15, 0.2) is 11.8 Å². The molecule has 3 aliphatic heterocycles. The number of nitrogens with zero attached hydrogens (tertiary/aromatic N) is 2. The second kappa shape index (κ2) is 9.17. The van der Waals surface area contributed by atoms with Crippen LogP contribution in [0.1, 0.15) is 18.4 Å². The van der Waals surface area contributed by atoms with Gasteiger partial charge in [-0.05, 0) is 44.1 Å². The highest BCUT2D eigenvalue weighted by atomic mass is 35.5. The molecular weight excluding hydrogens is 456 g/mol. The van der Waals surface area contributed by atoms with Crippen molar-refractivity contribution >= 4 is 22.8 Å². The molecule has 2 unspecified atom stereocenters. The number of halogens is 1. The number of imidazole rings is 1. The van der Waals surface area contributed by atoms with Gasteiger partial charge in [0.05, 0.1) is 29.4 Å². The van der Waals surface area contributed by atoms with Crippen LogP contribution in [-0.4, -0.2) is 70.8 Å². The van der Waals surface area contributed by atoms with Crippen LogP contribution in [0.3, 0.4) is 0 Å². The van der Waals surface area contributed by atoms with Crippen molar-refractivity contribution in [1.29, 1.82) is 0 Å². The molecule has 3 N–H and O–H groups in total. The Balaban J connectivity index is 1.19. The van der Waals surface area contributed by atoms with Crippen molar-refractivity contribution in [3.05, 3.63) is 40.9 Å². The van der Waals surface area contributed by atoms with E-state index in [1.54, 1.807) is 6.07 Å². The molecule has 1 aromatic carbocycles. The number of rotatable bonds is 3. The number of hydrogen-bond acceptors (Lipinski definition) is 7. The van der Waals surface area contributed by atoms with Crippen molar-refractivity contribution in [3.63, 3.8) is 0 Å². The average molecular weight is 481 g/mol. The fourth-order valence-electron chi connectivity index (χ4n) is 4.71. The van der Waals surface area contributed by atoms with Crippen LogP contribution in [0.5, 0.6) is 6.01 Å². The molecule has 0 radical (unpaired) electrons. The SMILES string of the molecule is OC1CO[C@@H]2C(Oc3nc4nc(-c5ccc(C#CC6CCNCC6)cc5)c(Cl)cc4[nH]3)CO[C@H]12. The highest BCUT2D eigenvalue weighted by molar-refractivity contribution is 6.33. The molecule has 3 saturated heterocycles. The van der Waals surface area contributed by atoms with E-state index in [4.69, 9.17) is 25.8 Å². The zero-order valence-electron chi connectivity index (χ0n) is 18.5. The number of hydrogen-bond donors (Lipinski definition) is 3. The number of aliphatic hydroxyl groups excluding tert-OH is 1. The molecule has 0 spiro atoms. The Morgan fingerprint density at radius 1 is 1.06 bits per heavy atom. The molecule has 34 heavy (non-hydrogen) atoms. The van der Waals surface area contributed by atoms with Crippen LogP contribution in [0.2, 0.25) is 5.02 Å². The van der Waals surface area contributed by atoms with Gasteiger partial charge in [0, 0.05) is 17.0 Å². The summed E-state index contributed by atoms with van der Waals surface area (Å²) < 4.78 is 17.2. The van der Waals surface area contributed by atoms with Crippen LogP contribution in [0.15, 0.2) is 30.3 Å². The van der Waals surface area contributed by atoms with Crippen molar-refractivity contribution in [1.82, 2.24) is 20.3 Å². The van der Waals surface area contributed by atoms with Gasteiger partial charge in [-0.2, -0.15) is 4.98 Å². The van der Waals surface area contributed by atoms with Crippen molar-refractivity contribution < 1.29 is 19.3 Å². The van der Waals surface area contributed by atoms with Crippen molar-refractivity contribution in [2.75, 3.05) is 26.3 Å². The van der Waals surface area contributed by atoms with Gasteiger partial charge in [0.2, 0.25) is 0 Å². The lowest BCUT2D eigenvalue weighted by Gasteiger charge is -2.17. The number of H-pyrrole nitrogens is 1. The Kier molecular flexibility index (Phi) is 5.89. The minimum Gasteiger partial charge on any atom is -0.456 e. The molecule has 3 aliphatic rings. The standard InChI is InChI=1S/C25H25ClN4O4/c26-17-11-18-24(30-25(28-18)34-20-13-33-22-19(31)12-32-23(20)22)29-21(17)16-5-3-14(4-6-16)1-2-15-7-9-27-10-8-15/h3-6,11,15,19-20,22-23,27,31H,7-10,12-13H2,(H,28,29,30)/t19?,20?,22-,23-/m1/s1. The number of pyridine rings is 1. The largest absolute Gasteiger partial charge is 0.456 e. The molecule has 5 heterocycles. The number of aliphatic hydroxyl groups is 1. The van der Waals surface area contributed by atoms with Gasteiger partial charge < -0.3 is 29.6 Å². The average Bonchev–Trinajstić information content (AvgIpc) is 3.55. The van der Waals surface area contributed by atoms with Gasteiger partial charge in [-0.1, -0.05) is 35.6 Å². The molecule has 4 atom stereocenters. The molecule has 9 heteroatoms. The zero-order chi connectivity index (χ0) is 23.1. The van der Waals surface area contributed by atoms with Crippen LogP contribution in [0.25, 0.3) is 22.4 Å². The number of nitrogens with one attached hydrogen (secondary N) is 2. The van der Waals surface area contributed by atoms with Crippen molar-refractivity contribution in [2.45, 2.75) is 37.3 Å². The molecule has 2 aromatic heterocycles. The Labute approximate surface area is 202 Å². The second-order valence-electron chi connectivity index (χ2n) is 8.92. The van der Waals surface area contributed by atoms with Crippen LogP contribution in [0, 0.1) is 17.8 Å². The first-order valence-corrected chi connectivity index (χ1v) is 12.0. The lowest BCUT2D eigenvalue weighted by Crippen LogP contribution is -2.34. The summed E-state index contributed by atoms with van der Waals surface area (Å²) in [4.78, 5) is 12.3. The third kappa shape index (κ3) is 4.26. The van der Waals surface area contributed by atoms with Gasteiger partial charge in [-0.25, -0.2) is 4.98 Å². The fraction of sp³-hybridized carbons (Fsp3) is 0.440. The predicted molar refractivity (Wildman–Crippen MR) is 127 cm³/mol. The van der Waals surface area contributed by atoms with E-state index >= 15 is 0 Å². The Morgan fingerprint density at radius 3 is 2.68 bits per heavy atom. The van der Waals surface area contributed by atoms with Crippen LogP contribution in [0.4, 0.5) is 0 Å². The zero-order valence-corrected chi connectivity index (χ0v) is 19.2. The first-order valence-electron chi connectivity index (χ1n) is 11.6. The van der Waals surface area contributed by atoms with E-state index in [1.807, 2.05) is 24.3 Å². The molecule has 0 aliphatic carbocycles. The van der Waals surface area contributed by atoms with Crippen LogP contribution < -0.4 is 10.1 Å². The monoisotopic (exact) mass is 480 g/mol. The number of fused-ring (bicyclic) bond motifs is 2. The molecule has 0 bridgehead atoms. The summed E-state index contributed by atoms with van der Waals surface area (Å²) in [5, 5.41) is 13.8. The van der Waals surface area contributed by atoms with E-state index in [0.717, 1.165) is 37.1 Å². The van der Waals surface area contributed by atoms with Gasteiger partial charge in [-0.15, -0.1) is 0 Å². The van der Waals surface area contributed by atoms with Gasteiger partial charge in [-0.3, -0.25) is 0 Å². The number of benzene rings is 1. The van der Waals surface area contributed by atoms with Crippen molar-refractivity contribution in [3.8, 4) is 29.1 Å². The highest BCUT2D eigenvalue weighted by Crippen LogP contribution is 2.32. The van der Waals surface area contributed by atoms with E-state index in [-0.39, 0.29) is 24.9 Å². The Bertz CT molecular complexity index is 1250. The first-order chi connectivity index (χ1) is 16.6. The number of piperidine rings is 1. The van der Waals surface area contributed by atoms with Crippen molar-refractivity contribution in [2.24, 2.45) is 5.92 Å². The maximum Gasteiger partial charge on any atom is 0.296 e. The topological polar surface area (TPSA) is 102 Å². The molecule has 6 rings (SSSR count). The van der Waals surface area contributed by atoms with Crippen LogP contribution >= 0.6 is 11.6 Å². The molecular formula is C25H25ClN4O4. The summed E-state index contributed by atoms with van der Waals surface area (Å²) in [6.45, 7) is 2.66.